The van der Waals surface area contributed by atoms with Gasteiger partial charge < -0.3 is 15.6 Å². The summed E-state index contributed by atoms with van der Waals surface area (Å²) in [7, 11) is 0. The smallest absolute Gasteiger partial charge is 0.122 e. The maximum atomic E-state index is 10.6. The van der Waals surface area contributed by atoms with Gasteiger partial charge in [-0.3, -0.25) is 0 Å². The molecule has 3 N–H and O–H groups in total. The average molecular weight is 348 g/mol. The first-order valence-electron chi connectivity index (χ1n) is 7.10. The Morgan fingerprint density at radius 3 is 2.95 bits per heavy atom. The molecule has 2 aromatic rings. The highest BCUT2D eigenvalue weighted by atomic mass is 79.9. The quantitative estimate of drug-likeness (QED) is 0.824. The highest BCUT2D eigenvalue weighted by Gasteiger charge is 2.25. The fourth-order valence-electron chi connectivity index (χ4n) is 2.89. The minimum atomic E-state index is -0.571. The topological polar surface area (TPSA) is 55.5 Å². The van der Waals surface area contributed by atoms with Gasteiger partial charge in [-0.05, 0) is 48.6 Å². The standard InChI is InChI=1S/C17H18BrNO2/c18-12-5-6-15(19)14(10-12)16(20)9-11-7-8-21-17-4-2-1-3-13(11)17/h1-6,10-11,16,20H,7-9,19H2. The van der Waals surface area contributed by atoms with Crippen LogP contribution < -0.4 is 10.5 Å². The van der Waals surface area contributed by atoms with Crippen LogP contribution >= 0.6 is 15.9 Å². The van der Waals surface area contributed by atoms with Gasteiger partial charge in [0.05, 0.1) is 12.7 Å². The van der Waals surface area contributed by atoms with Gasteiger partial charge in [0.2, 0.25) is 0 Å². The third-order valence-electron chi connectivity index (χ3n) is 4.00. The monoisotopic (exact) mass is 347 g/mol. The number of anilines is 1. The summed E-state index contributed by atoms with van der Waals surface area (Å²) < 4.78 is 6.60. The SMILES string of the molecule is Nc1ccc(Br)cc1C(O)CC1CCOc2ccccc21. The Hall–Kier alpha value is -1.52. The molecule has 0 aliphatic carbocycles. The Kier molecular flexibility index (Phi) is 4.17. The summed E-state index contributed by atoms with van der Waals surface area (Å²) in [6, 6.07) is 13.7. The zero-order valence-corrected chi connectivity index (χ0v) is 13.2. The molecule has 0 saturated carbocycles. The molecule has 110 valence electrons. The molecule has 0 bridgehead atoms. The van der Waals surface area contributed by atoms with Crippen molar-refractivity contribution in [2.45, 2.75) is 24.9 Å². The summed E-state index contributed by atoms with van der Waals surface area (Å²) in [6.45, 7) is 0.697. The van der Waals surface area contributed by atoms with E-state index in [4.69, 9.17) is 10.5 Å². The van der Waals surface area contributed by atoms with E-state index in [2.05, 4.69) is 22.0 Å². The van der Waals surface area contributed by atoms with Crippen LogP contribution in [0.3, 0.4) is 0 Å². The van der Waals surface area contributed by atoms with Crippen LogP contribution in [0.25, 0.3) is 0 Å². The van der Waals surface area contributed by atoms with E-state index < -0.39 is 6.10 Å². The molecule has 1 heterocycles. The van der Waals surface area contributed by atoms with Gasteiger partial charge in [-0.25, -0.2) is 0 Å². The van der Waals surface area contributed by atoms with E-state index in [1.165, 1.54) is 5.56 Å². The number of aliphatic hydroxyl groups is 1. The fraction of sp³-hybridized carbons (Fsp3) is 0.294. The van der Waals surface area contributed by atoms with Crippen LogP contribution in [0, 0.1) is 0 Å². The van der Waals surface area contributed by atoms with Crippen molar-refractivity contribution in [1.29, 1.82) is 0 Å². The highest BCUT2D eigenvalue weighted by molar-refractivity contribution is 9.10. The lowest BCUT2D eigenvalue weighted by molar-refractivity contribution is 0.145. The molecule has 0 radical (unpaired) electrons. The summed E-state index contributed by atoms with van der Waals surface area (Å²) >= 11 is 3.43. The molecule has 3 rings (SSSR count). The molecule has 4 heteroatoms. The van der Waals surface area contributed by atoms with E-state index in [1.54, 1.807) is 0 Å². The molecule has 3 nitrogen and oxygen atoms in total. The Balaban J connectivity index is 1.82. The second kappa shape index (κ2) is 6.08. The number of hydrogen-bond acceptors (Lipinski definition) is 3. The largest absolute Gasteiger partial charge is 0.493 e. The molecule has 2 aromatic carbocycles. The number of nitrogens with two attached hydrogens (primary N) is 1. The van der Waals surface area contributed by atoms with Crippen molar-refractivity contribution in [2.24, 2.45) is 0 Å². The number of nitrogen functional groups attached to an aromatic ring is 1. The molecular weight excluding hydrogens is 330 g/mol. The van der Waals surface area contributed by atoms with E-state index in [9.17, 15) is 5.11 Å². The van der Waals surface area contributed by atoms with E-state index in [0.717, 1.165) is 22.2 Å². The predicted octanol–water partition coefficient (Wildman–Crippen LogP) is 4.02. The van der Waals surface area contributed by atoms with Gasteiger partial charge in [-0.2, -0.15) is 0 Å². The lowest BCUT2D eigenvalue weighted by Gasteiger charge is -2.28. The van der Waals surface area contributed by atoms with Crippen LogP contribution in [0.15, 0.2) is 46.9 Å². The van der Waals surface area contributed by atoms with Gasteiger partial charge in [-0.15, -0.1) is 0 Å². The summed E-state index contributed by atoms with van der Waals surface area (Å²) in [4.78, 5) is 0. The molecule has 0 saturated heterocycles. The van der Waals surface area contributed by atoms with Crippen molar-refractivity contribution >= 4 is 21.6 Å². The van der Waals surface area contributed by atoms with Crippen LogP contribution in [-0.2, 0) is 0 Å². The van der Waals surface area contributed by atoms with Crippen LogP contribution in [0.5, 0.6) is 5.75 Å². The summed E-state index contributed by atoms with van der Waals surface area (Å²) in [5.41, 5.74) is 8.58. The Bertz CT molecular complexity index is 644. The first-order valence-corrected chi connectivity index (χ1v) is 7.89. The first kappa shape index (κ1) is 14.4. The summed E-state index contributed by atoms with van der Waals surface area (Å²) in [5, 5.41) is 10.6. The summed E-state index contributed by atoms with van der Waals surface area (Å²) in [6.07, 6.45) is 1.00. The number of hydrogen-bond donors (Lipinski definition) is 2. The van der Waals surface area contributed by atoms with Crippen molar-refractivity contribution in [3.05, 3.63) is 58.1 Å². The molecule has 1 aliphatic rings. The van der Waals surface area contributed by atoms with Gasteiger partial charge in [0.25, 0.3) is 0 Å². The molecule has 0 amide bonds. The highest BCUT2D eigenvalue weighted by Crippen LogP contribution is 2.39. The normalized spacial score (nSPS) is 18.7. The Morgan fingerprint density at radius 1 is 1.29 bits per heavy atom. The molecular formula is C17H18BrNO2. The van der Waals surface area contributed by atoms with Crippen molar-refractivity contribution < 1.29 is 9.84 Å². The third kappa shape index (κ3) is 3.06. The fourth-order valence-corrected chi connectivity index (χ4v) is 3.27. The number of halogens is 1. The lowest BCUT2D eigenvalue weighted by atomic mass is 9.86. The van der Waals surface area contributed by atoms with Crippen LogP contribution in [0.2, 0.25) is 0 Å². The minimum Gasteiger partial charge on any atom is -0.493 e. The number of ether oxygens (including phenoxy) is 1. The molecule has 0 fully saturated rings. The number of rotatable bonds is 3. The van der Waals surface area contributed by atoms with E-state index in [0.29, 0.717) is 24.6 Å². The minimum absolute atomic E-state index is 0.295. The second-order valence-corrected chi connectivity index (χ2v) is 6.31. The first-order chi connectivity index (χ1) is 10.1. The molecule has 2 atom stereocenters. The van der Waals surface area contributed by atoms with E-state index in [-0.39, 0.29) is 0 Å². The Labute approximate surface area is 132 Å². The number of aliphatic hydroxyl groups excluding tert-OH is 1. The zero-order chi connectivity index (χ0) is 14.8. The van der Waals surface area contributed by atoms with Crippen molar-refractivity contribution in [2.75, 3.05) is 12.3 Å². The molecule has 0 spiro atoms. The Morgan fingerprint density at radius 2 is 2.10 bits per heavy atom. The molecule has 2 unspecified atom stereocenters. The molecule has 1 aliphatic heterocycles. The van der Waals surface area contributed by atoms with Crippen LogP contribution in [0.1, 0.15) is 36.0 Å². The average Bonchev–Trinajstić information content (AvgIpc) is 2.50. The summed E-state index contributed by atoms with van der Waals surface area (Å²) in [5.74, 6) is 1.23. The van der Waals surface area contributed by atoms with Crippen LogP contribution in [-0.4, -0.2) is 11.7 Å². The van der Waals surface area contributed by atoms with Crippen molar-refractivity contribution in [3.63, 3.8) is 0 Å². The number of para-hydroxylation sites is 1. The van der Waals surface area contributed by atoms with Crippen molar-refractivity contribution in [1.82, 2.24) is 0 Å². The van der Waals surface area contributed by atoms with Gasteiger partial charge >= 0.3 is 0 Å². The maximum Gasteiger partial charge on any atom is 0.122 e. The second-order valence-electron chi connectivity index (χ2n) is 5.40. The number of benzene rings is 2. The molecule has 0 aromatic heterocycles. The van der Waals surface area contributed by atoms with E-state index in [1.807, 2.05) is 36.4 Å². The van der Waals surface area contributed by atoms with Gasteiger partial charge in [0.1, 0.15) is 5.75 Å². The van der Waals surface area contributed by atoms with Gasteiger partial charge in [0, 0.05) is 15.7 Å². The third-order valence-corrected chi connectivity index (χ3v) is 4.49. The van der Waals surface area contributed by atoms with E-state index >= 15 is 0 Å². The number of fused-ring (bicyclic) bond motifs is 1. The van der Waals surface area contributed by atoms with Crippen molar-refractivity contribution in [3.8, 4) is 5.75 Å². The maximum absolute atomic E-state index is 10.6. The lowest BCUT2D eigenvalue weighted by Crippen LogP contribution is -2.17. The molecule has 21 heavy (non-hydrogen) atoms. The van der Waals surface area contributed by atoms with Gasteiger partial charge in [-0.1, -0.05) is 34.1 Å². The zero-order valence-electron chi connectivity index (χ0n) is 11.6. The van der Waals surface area contributed by atoms with Crippen LogP contribution in [0.4, 0.5) is 5.69 Å². The van der Waals surface area contributed by atoms with Gasteiger partial charge in [0.15, 0.2) is 0 Å². The predicted molar refractivity (Wildman–Crippen MR) is 87.4 cm³/mol.